The van der Waals surface area contributed by atoms with Gasteiger partial charge in [0.05, 0.1) is 24.4 Å². The van der Waals surface area contributed by atoms with Crippen LogP contribution >= 0.6 is 0 Å². The minimum atomic E-state index is -0.659. The first-order chi connectivity index (χ1) is 8.15. The highest BCUT2D eigenvalue weighted by Crippen LogP contribution is 2.25. The van der Waals surface area contributed by atoms with Gasteiger partial charge in [-0.05, 0) is 18.2 Å². The zero-order valence-electron chi connectivity index (χ0n) is 8.93. The van der Waals surface area contributed by atoms with Gasteiger partial charge < -0.3 is 4.74 Å². The van der Waals surface area contributed by atoms with Crippen molar-refractivity contribution in [2.45, 2.75) is 0 Å². The van der Waals surface area contributed by atoms with Crippen LogP contribution in [-0.4, -0.2) is 18.9 Å². The van der Waals surface area contributed by atoms with E-state index >= 15 is 0 Å². The molecule has 0 fully saturated rings. The van der Waals surface area contributed by atoms with E-state index in [1.807, 2.05) is 6.07 Å². The summed E-state index contributed by atoms with van der Waals surface area (Å²) in [6, 6.07) is 6.45. The van der Waals surface area contributed by atoms with Crippen LogP contribution in [0.5, 0.6) is 0 Å². The Hall–Kier alpha value is -2.61. The minimum absolute atomic E-state index is 0.0327. The van der Waals surface area contributed by atoms with Gasteiger partial charge in [-0.1, -0.05) is 0 Å². The molecule has 0 aliphatic carbocycles. The highest BCUT2D eigenvalue weighted by molar-refractivity contribution is 6.13. The van der Waals surface area contributed by atoms with E-state index in [-0.39, 0.29) is 11.5 Å². The standard InChI is InChI=1S/C12H7N2O3/c1-17-12(16)10-5-11(15)8-4-7(6-13)2-3-9(8)14-10/h2-5H,1H3. The van der Waals surface area contributed by atoms with Gasteiger partial charge in [-0.3, -0.25) is 4.79 Å². The van der Waals surface area contributed by atoms with E-state index < -0.39 is 5.97 Å². The first-order valence-electron chi connectivity index (χ1n) is 4.76. The summed E-state index contributed by atoms with van der Waals surface area (Å²) in [6.07, 6.45) is 1.11. The quantitative estimate of drug-likeness (QED) is 0.671. The lowest BCUT2D eigenvalue weighted by molar-refractivity contribution is -0.136. The van der Waals surface area contributed by atoms with Gasteiger partial charge in [0, 0.05) is 11.6 Å². The van der Waals surface area contributed by atoms with Crippen LogP contribution in [-0.2, 0) is 9.53 Å². The van der Waals surface area contributed by atoms with Gasteiger partial charge in [0.1, 0.15) is 0 Å². The summed E-state index contributed by atoms with van der Waals surface area (Å²) < 4.78 is 4.49. The fraction of sp³-hybridized carbons (Fsp3) is 0.0833. The zero-order chi connectivity index (χ0) is 12.4. The van der Waals surface area contributed by atoms with Crippen molar-refractivity contribution in [1.82, 2.24) is 5.32 Å². The summed E-state index contributed by atoms with van der Waals surface area (Å²) in [5.41, 5.74) is 1.03. The van der Waals surface area contributed by atoms with Crippen molar-refractivity contribution in [2.75, 3.05) is 7.11 Å². The van der Waals surface area contributed by atoms with E-state index in [2.05, 4.69) is 10.1 Å². The average molecular weight is 227 g/mol. The maximum Gasteiger partial charge on any atom is 0.356 e. The number of hydrogen-bond acceptors (Lipinski definition) is 4. The average Bonchev–Trinajstić information content (AvgIpc) is 2.37. The van der Waals surface area contributed by atoms with Gasteiger partial charge in [0.2, 0.25) is 0 Å². The Morgan fingerprint density at radius 2 is 2.24 bits per heavy atom. The first-order valence-corrected chi connectivity index (χ1v) is 4.76. The minimum Gasteiger partial charge on any atom is -0.464 e. The second-order valence-electron chi connectivity index (χ2n) is 3.34. The molecule has 0 spiro atoms. The molecule has 1 aliphatic heterocycles. The molecule has 0 amide bonds. The molecule has 1 aromatic rings. The van der Waals surface area contributed by atoms with Crippen LogP contribution in [0, 0.1) is 11.3 Å². The van der Waals surface area contributed by atoms with Gasteiger partial charge in [-0.25, -0.2) is 10.1 Å². The van der Waals surface area contributed by atoms with Gasteiger partial charge in [-0.2, -0.15) is 5.26 Å². The first kappa shape index (κ1) is 10.9. The molecule has 1 heterocycles. The Morgan fingerprint density at radius 1 is 1.47 bits per heavy atom. The summed E-state index contributed by atoms with van der Waals surface area (Å²) in [7, 11) is 1.22. The number of esters is 1. The van der Waals surface area contributed by atoms with Gasteiger partial charge >= 0.3 is 5.97 Å². The fourth-order valence-electron chi connectivity index (χ4n) is 1.47. The number of nitriles is 1. The van der Waals surface area contributed by atoms with Crippen molar-refractivity contribution < 1.29 is 14.3 Å². The Bertz CT molecular complexity index is 582. The molecular weight excluding hydrogens is 220 g/mol. The molecule has 0 unspecified atom stereocenters. The summed E-state index contributed by atoms with van der Waals surface area (Å²) >= 11 is 0. The van der Waals surface area contributed by atoms with Crippen LogP contribution in [0.4, 0.5) is 5.69 Å². The molecule has 0 atom stereocenters. The molecule has 83 valence electrons. The second-order valence-corrected chi connectivity index (χ2v) is 3.34. The van der Waals surface area contributed by atoms with Crippen LogP contribution in [0.25, 0.3) is 0 Å². The molecule has 1 aromatic carbocycles. The van der Waals surface area contributed by atoms with E-state index in [1.165, 1.54) is 25.3 Å². The third kappa shape index (κ3) is 1.88. The number of benzene rings is 1. The maximum absolute atomic E-state index is 11.7. The van der Waals surface area contributed by atoms with Crippen molar-refractivity contribution in [3.8, 4) is 6.07 Å². The Labute approximate surface area is 97.3 Å². The van der Waals surface area contributed by atoms with Gasteiger partial charge in [0.25, 0.3) is 0 Å². The lowest BCUT2D eigenvalue weighted by Crippen LogP contribution is -2.19. The van der Waals surface area contributed by atoms with Crippen molar-refractivity contribution in [3.05, 3.63) is 41.1 Å². The number of hydrogen-bond donors (Lipinski definition) is 0. The van der Waals surface area contributed by atoms with Gasteiger partial charge in [0.15, 0.2) is 11.5 Å². The number of carbonyl (C=O) groups excluding carboxylic acids is 2. The second kappa shape index (κ2) is 4.10. The summed E-state index contributed by atoms with van der Waals surface area (Å²) in [4.78, 5) is 23.0. The Kier molecular flexibility index (Phi) is 2.63. The Balaban J connectivity index is 2.44. The topological polar surface area (TPSA) is 81.3 Å². The summed E-state index contributed by atoms with van der Waals surface area (Å²) in [6.45, 7) is 0. The highest BCUT2D eigenvalue weighted by atomic mass is 16.5. The van der Waals surface area contributed by atoms with E-state index in [0.29, 0.717) is 16.8 Å². The van der Waals surface area contributed by atoms with Crippen molar-refractivity contribution in [3.63, 3.8) is 0 Å². The fourth-order valence-corrected chi connectivity index (χ4v) is 1.47. The van der Waals surface area contributed by atoms with Crippen LogP contribution < -0.4 is 5.32 Å². The van der Waals surface area contributed by atoms with Gasteiger partial charge in [-0.15, -0.1) is 0 Å². The van der Waals surface area contributed by atoms with Crippen molar-refractivity contribution in [1.29, 1.82) is 5.26 Å². The molecular formula is C12H7N2O3. The molecule has 0 N–H and O–H groups in total. The lowest BCUT2D eigenvalue weighted by atomic mass is 10.0. The smallest absolute Gasteiger partial charge is 0.356 e. The monoisotopic (exact) mass is 227 g/mol. The zero-order valence-corrected chi connectivity index (χ0v) is 8.93. The Morgan fingerprint density at radius 3 is 2.88 bits per heavy atom. The maximum atomic E-state index is 11.7. The van der Waals surface area contributed by atoms with E-state index in [0.717, 1.165) is 6.08 Å². The predicted octanol–water partition coefficient (Wildman–Crippen LogP) is 1.05. The molecule has 0 saturated carbocycles. The normalized spacial score (nSPS) is 12.9. The van der Waals surface area contributed by atoms with Crippen LogP contribution in [0.15, 0.2) is 30.0 Å². The number of rotatable bonds is 1. The SMILES string of the molecule is COC(=O)C1=CC(=O)c2cc(C#N)ccc2[N]1. The molecule has 5 nitrogen and oxygen atoms in total. The van der Waals surface area contributed by atoms with Crippen molar-refractivity contribution >= 4 is 17.4 Å². The third-order valence-electron chi connectivity index (χ3n) is 2.29. The number of carbonyl (C=O) groups is 2. The van der Waals surface area contributed by atoms with E-state index in [9.17, 15) is 9.59 Å². The molecule has 0 saturated heterocycles. The van der Waals surface area contributed by atoms with E-state index in [1.54, 1.807) is 0 Å². The summed E-state index contributed by atoms with van der Waals surface area (Å²) in [5, 5.41) is 12.7. The third-order valence-corrected chi connectivity index (χ3v) is 2.29. The molecule has 5 heteroatoms. The van der Waals surface area contributed by atoms with Crippen LogP contribution in [0.3, 0.4) is 0 Å². The summed E-state index contributed by atoms with van der Waals surface area (Å²) in [5.74, 6) is -1.01. The van der Waals surface area contributed by atoms with Crippen LogP contribution in [0.2, 0.25) is 0 Å². The predicted molar refractivity (Wildman–Crippen MR) is 57.4 cm³/mol. The largest absolute Gasteiger partial charge is 0.464 e. The number of allylic oxidation sites excluding steroid dienone is 1. The molecule has 1 radical (unpaired) electrons. The number of ether oxygens (including phenoxy) is 1. The number of methoxy groups -OCH3 is 1. The molecule has 2 rings (SSSR count). The number of fused-ring (bicyclic) bond motifs is 1. The number of nitrogens with zero attached hydrogens (tertiary/aromatic N) is 2. The van der Waals surface area contributed by atoms with Crippen LogP contribution in [0.1, 0.15) is 15.9 Å². The number of ketones is 1. The molecule has 0 aromatic heterocycles. The molecule has 17 heavy (non-hydrogen) atoms. The molecule has 0 bridgehead atoms. The lowest BCUT2D eigenvalue weighted by Gasteiger charge is -2.14. The highest BCUT2D eigenvalue weighted by Gasteiger charge is 2.23. The molecule has 1 aliphatic rings. The van der Waals surface area contributed by atoms with Crippen molar-refractivity contribution in [2.24, 2.45) is 0 Å². The van der Waals surface area contributed by atoms with E-state index in [4.69, 9.17) is 5.26 Å².